The Labute approximate surface area is 164 Å². The first-order valence-electron chi connectivity index (χ1n) is 9.48. The van der Waals surface area contributed by atoms with Gasteiger partial charge in [0.15, 0.2) is 0 Å². The van der Waals surface area contributed by atoms with E-state index in [4.69, 9.17) is 9.97 Å². The zero-order valence-corrected chi connectivity index (χ0v) is 16.4. The van der Waals surface area contributed by atoms with Gasteiger partial charge in [0.2, 0.25) is 0 Å². The molecule has 1 fully saturated rings. The topological polar surface area (TPSA) is 99.8 Å². The number of hydrogen-bond acceptors (Lipinski definition) is 5. The lowest BCUT2D eigenvalue weighted by Gasteiger charge is -2.15. The van der Waals surface area contributed by atoms with Gasteiger partial charge in [-0.2, -0.15) is 0 Å². The Hall–Kier alpha value is -2.74. The fourth-order valence-electron chi connectivity index (χ4n) is 3.93. The van der Waals surface area contributed by atoms with Crippen LogP contribution in [0.1, 0.15) is 28.2 Å². The molecule has 0 aliphatic carbocycles. The third-order valence-corrected chi connectivity index (χ3v) is 6.85. The molecule has 1 aromatic carbocycles. The lowest BCUT2D eigenvalue weighted by atomic mass is 10.1. The third-order valence-electron chi connectivity index (χ3n) is 5.39. The van der Waals surface area contributed by atoms with Crippen molar-refractivity contribution in [1.29, 1.82) is 0 Å². The van der Waals surface area contributed by atoms with Crippen molar-refractivity contribution in [3.8, 4) is 11.3 Å². The Bertz CT molecular complexity index is 1120. The van der Waals surface area contributed by atoms with Crippen LogP contribution in [0.3, 0.4) is 0 Å². The summed E-state index contributed by atoms with van der Waals surface area (Å²) in [5, 5.41) is 6.30. The maximum Gasteiger partial charge on any atom is 0.253 e. The molecule has 28 heavy (non-hydrogen) atoms. The number of nitrogens with zero attached hydrogens (tertiary/aromatic N) is 2. The van der Waals surface area contributed by atoms with E-state index >= 15 is 0 Å². The van der Waals surface area contributed by atoms with Crippen LogP contribution in [-0.4, -0.2) is 49.2 Å². The van der Waals surface area contributed by atoms with Crippen molar-refractivity contribution in [2.75, 3.05) is 23.4 Å². The average Bonchev–Trinajstić information content (AvgIpc) is 3.29. The van der Waals surface area contributed by atoms with Gasteiger partial charge in [0.25, 0.3) is 5.91 Å². The van der Waals surface area contributed by atoms with E-state index in [9.17, 15) is 9.00 Å². The molecule has 144 valence electrons. The van der Waals surface area contributed by atoms with Gasteiger partial charge in [0.05, 0.1) is 16.8 Å². The van der Waals surface area contributed by atoms with Crippen LogP contribution in [-0.2, 0) is 17.2 Å². The minimum Gasteiger partial charge on any atom is -0.365 e. The number of carbonyl (C=O) groups is 1. The number of carbonyl (C=O) groups excluding carboxylic acids is 1. The number of fused-ring (bicyclic) bond motifs is 2. The van der Waals surface area contributed by atoms with Crippen molar-refractivity contribution in [2.45, 2.75) is 25.8 Å². The van der Waals surface area contributed by atoms with Crippen LogP contribution in [0.2, 0.25) is 0 Å². The van der Waals surface area contributed by atoms with Crippen LogP contribution < -0.4 is 10.6 Å². The summed E-state index contributed by atoms with van der Waals surface area (Å²) in [5.74, 6) is 2.08. The number of nitrogens with one attached hydrogen (secondary N) is 3. The molecule has 8 heteroatoms. The summed E-state index contributed by atoms with van der Waals surface area (Å²) in [6.45, 7) is 2.59. The first-order chi connectivity index (χ1) is 13.6. The van der Waals surface area contributed by atoms with Gasteiger partial charge < -0.3 is 15.6 Å². The molecule has 2 aliphatic heterocycles. The number of anilines is 1. The zero-order valence-electron chi connectivity index (χ0n) is 15.5. The quantitative estimate of drug-likeness (QED) is 0.631. The molecule has 2 atom stereocenters. The highest BCUT2D eigenvalue weighted by Crippen LogP contribution is 2.30. The molecule has 1 saturated heterocycles. The van der Waals surface area contributed by atoms with Crippen LogP contribution in [0.25, 0.3) is 22.3 Å². The monoisotopic (exact) mass is 395 g/mol. The largest absolute Gasteiger partial charge is 0.365 e. The standard InChI is InChI=1S/C20H21N5O2S/c1-11-19(23-12-6-8-28(27)10-12)25-18-13(3-2-4-16(18)22-11)17-9-14-15(24-17)5-7-21-20(14)26/h2-4,9,12,24H,5-8,10H2,1H3,(H,21,26)(H,23,25). The Kier molecular flexibility index (Phi) is 4.16. The minimum atomic E-state index is -0.748. The van der Waals surface area contributed by atoms with Crippen molar-refractivity contribution >= 4 is 33.6 Å². The molecule has 0 saturated carbocycles. The Balaban J connectivity index is 1.59. The van der Waals surface area contributed by atoms with Gasteiger partial charge in [-0.1, -0.05) is 12.1 Å². The second kappa shape index (κ2) is 6.70. The molecular formula is C20H21N5O2S. The smallest absolute Gasteiger partial charge is 0.253 e. The van der Waals surface area contributed by atoms with Crippen molar-refractivity contribution in [3.05, 3.63) is 41.2 Å². The van der Waals surface area contributed by atoms with E-state index in [1.165, 1.54) is 0 Å². The fourth-order valence-corrected chi connectivity index (χ4v) is 5.34. The highest BCUT2D eigenvalue weighted by atomic mass is 32.2. The molecule has 2 aromatic heterocycles. The Morgan fingerprint density at radius 3 is 2.93 bits per heavy atom. The summed E-state index contributed by atoms with van der Waals surface area (Å²) in [7, 11) is -0.748. The van der Waals surface area contributed by atoms with Gasteiger partial charge in [-0.25, -0.2) is 9.97 Å². The number of hydrogen-bond donors (Lipinski definition) is 3. The summed E-state index contributed by atoms with van der Waals surface area (Å²) in [4.78, 5) is 25.1. The number of aromatic nitrogens is 3. The number of rotatable bonds is 3. The zero-order chi connectivity index (χ0) is 19.3. The molecule has 5 rings (SSSR count). The van der Waals surface area contributed by atoms with E-state index in [0.29, 0.717) is 17.9 Å². The van der Waals surface area contributed by atoms with Crippen molar-refractivity contribution < 1.29 is 9.00 Å². The molecule has 2 aliphatic rings. The Morgan fingerprint density at radius 1 is 1.25 bits per heavy atom. The van der Waals surface area contributed by atoms with Crippen LogP contribution in [0.15, 0.2) is 24.3 Å². The number of aryl methyl sites for hydroxylation is 1. The average molecular weight is 395 g/mol. The molecule has 1 amide bonds. The van der Waals surface area contributed by atoms with Crippen LogP contribution in [0, 0.1) is 6.92 Å². The highest BCUT2D eigenvalue weighted by Gasteiger charge is 2.23. The molecule has 3 aromatic rings. The van der Waals surface area contributed by atoms with E-state index in [1.807, 2.05) is 31.2 Å². The number of aromatic amines is 1. The normalized spacial score (nSPS) is 21.5. The predicted molar refractivity (Wildman–Crippen MR) is 110 cm³/mol. The third kappa shape index (κ3) is 2.97. The van der Waals surface area contributed by atoms with E-state index < -0.39 is 10.8 Å². The molecule has 2 unspecified atom stereocenters. The first-order valence-corrected chi connectivity index (χ1v) is 11.0. The van der Waals surface area contributed by atoms with E-state index in [0.717, 1.165) is 58.1 Å². The van der Waals surface area contributed by atoms with Crippen molar-refractivity contribution in [2.24, 2.45) is 0 Å². The Morgan fingerprint density at radius 2 is 2.14 bits per heavy atom. The molecule has 0 radical (unpaired) electrons. The number of para-hydroxylation sites is 1. The van der Waals surface area contributed by atoms with Gasteiger partial charge in [-0.3, -0.25) is 9.00 Å². The predicted octanol–water partition coefficient (Wildman–Crippen LogP) is 2.15. The van der Waals surface area contributed by atoms with Gasteiger partial charge >= 0.3 is 0 Å². The summed E-state index contributed by atoms with van der Waals surface area (Å²) in [6, 6.07) is 7.96. The second-order valence-corrected chi connectivity index (χ2v) is 8.97. The molecule has 3 N–H and O–H groups in total. The number of H-pyrrole nitrogens is 1. The van der Waals surface area contributed by atoms with E-state index in [-0.39, 0.29) is 11.9 Å². The number of benzene rings is 1. The summed E-state index contributed by atoms with van der Waals surface area (Å²) in [6.07, 6.45) is 1.67. The highest BCUT2D eigenvalue weighted by molar-refractivity contribution is 7.85. The second-order valence-electron chi connectivity index (χ2n) is 7.35. The van der Waals surface area contributed by atoms with Crippen LogP contribution in [0.5, 0.6) is 0 Å². The molecule has 7 nitrogen and oxygen atoms in total. The molecule has 0 bridgehead atoms. The minimum absolute atomic E-state index is 0.0393. The molecule has 4 heterocycles. The summed E-state index contributed by atoms with van der Waals surface area (Å²) in [5.41, 5.74) is 5.88. The fraction of sp³-hybridized carbons (Fsp3) is 0.350. The van der Waals surface area contributed by atoms with Gasteiger partial charge in [-0.05, 0) is 25.5 Å². The molecule has 0 spiro atoms. The van der Waals surface area contributed by atoms with Crippen LogP contribution in [0.4, 0.5) is 5.82 Å². The van der Waals surface area contributed by atoms with E-state index in [1.54, 1.807) is 0 Å². The van der Waals surface area contributed by atoms with Crippen molar-refractivity contribution in [1.82, 2.24) is 20.3 Å². The van der Waals surface area contributed by atoms with Gasteiger partial charge in [-0.15, -0.1) is 0 Å². The maximum atomic E-state index is 12.1. The number of amides is 1. The van der Waals surface area contributed by atoms with Gasteiger partial charge in [0.1, 0.15) is 11.3 Å². The van der Waals surface area contributed by atoms with Crippen molar-refractivity contribution in [3.63, 3.8) is 0 Å². The van der Waals surface area contributed by atoms with Crippen LogP contribution >= 0.6 is 0 Å². The van der Waals surface area contributed by atoms with E-state index in [2.05, 4.69) is 15.6 Å². The molecular weight excluding hydrogens is 374 g/mol. The maximum absolute atomic E-state index is 12.1. The lowest BCUT2D eigenvalue weighted by molar-refractivity contribution is 0.0946. The van der Waals surface area contributed by atoms with Gasteiger partial charge in [0, 0.05) is 58.3 Å². The summed E-state index contributed by atoms with van der Waals surface area (Å²) < 4.78 is 11.7. The lowest BCUT2D eigenvalue weighted by Crippen LogP contribution is -2.31. The SMILES string of the molecule is Cc1nc2cccc(-c3cc4c([nH]3)CCNC4=O)c2nc1NC1CCS(=O)C1. The summed E-state index contributed by atoms with van der Waals surface area (Å²) >= 11 is 0. The first kappa shape index (κ1) is 17.4.